The number of piperidine rings is 1. The van der Waals surface area contributed by atoms with Gasteiger partial charge in [0.15, 0.2) is 0 Å². The fraction of sp³-hybridized carbons (Fsp3) is 0.385. The number of nitrogens with two attached hydrogens (primary N) is 1. The molecule has 4 N–H and O–H groups in total. The lowest BCUT2D eigenvalue weighted by molar-refractivity contribution is 0.0691. The van der Waals surface area contributed by atoms with Crippen molar-refractivity contribution in [2.45, 2.75) is 18.9 Å². The number of carboxylic acids is 1. The number of anilines is 1. The smallest absolute Gasteiger partial charge is 0.338 e. The summed E-state index contributed by atoms with van der Waals surface area (Å²) in [5.41, 5.74) is 4.65. The molecule has 1 aliphatic heterocycles. The monoisotopic (exact) mass is 299 g/mol. The van der Waals surface area contributed by atoms with E-state index in [1.54, 1.807) is 0 Å². The summed E-state index contributed by atoms with van der Waals surface area (Å²) >= 11 is 0. The number of aromatic carboxylic acids is 1. The van der Waals surface area contributed by atoms with Gasteiger partial charge in [-0.1, -0.05) is 0 Å². The van der Waals surface area contributed by atoms with Crippen molar-refractivity contribution in [2.24, 2.45) is 5.73 Å². The Morgan fingerprint density at radius 3 is 2.43 bits per heavy atom. The molecule has 8 heteroatoms. The highest BCUT2D eigenvalue weighted by Gasteiger charge is 2.22. The summed E-state index contributed by atoms with van der Waals surface area (Å²) in [6.45, 7) is 0.864. The van der Waals surface area contributed by atoms with Crippen molar-refractivity contribution in [3.63, 3.8) is 0 Å². The van der Waals surface area contributed by atoms with Crippen molar-refractivity contribution in [2.75, 3.05) is 18.4 Å². The molecule has 0 atom stereocenters. The van der Waals surface area contributed by atoms with E-state index in [2.05, 4.69) is 5.32 Å². The number of rotatable bonds is 2. The van der Waals surface area contributed by atoms with Crippen molar-refractivity contribution < 1.29 is 23.5 Å². The summed E-state index contributed by atoms with van der Waals surface area (Å²) in [5.74, 6) is -3.76. The van der Waals surface area contributed by atoms with E-state index in [0.29, 0.717) is 32.0 Å². The molecule has 1 aromatic carbocycles. The predicted octanol–water partition coefficient (Wildman–Crippen LogP) is 1.62. The van der Waals surface area contributed by atoms with Crippen LogP contribution < -0.4 is 11.1 Å². The Balaban J connectivity index is 2.13. The average molecular weight is 299 g/mol. The number of amides is 2. The van der Waals surface area contributed by atoms with Crippen molar-refractivity contribution in [1.29, 1.82) is 0 Å². The number of carbonyl (C=O) groups excluding carboxylic acids is 1. The normalized spacial score (nSPS) is 15.9. The van der Waals surface area contributed by atoms with Gasteiger partial charge in [0.25, 0.3) is 0 Å². The van der Waals surface area contributed by atoms with Crippen LogP contribution in [-0.2, 0) is 0 Å². The summed E-state index contributed by atoms with van der Waals surface area (Å²) < 4.78 is 26.9. The standard InChI is InChI=1S/C13H15F2N3O3/c14-9-6-10(15)11(5-8(9)12(19)20)17-13(21)18-3-1-7(16)2-4-18/h5-7H,1-4,16H2,(H,17,21)(H,19,20). The van der Waals surface area contributed by atoms with Crippen molar-refractivity contribution in [3.8, 4) is 0 Å². The first kappa shape index (κ1) is 15.2. The van der Waals surface area contributed by atoms with Gasteiger partial charge in [0.1, 0.15) is 11.6 Å². The molecule has 1 heterocycles. The molecule has 1 fully saturated rings. The van der Waals surface area contributed by atoms with Gasteiger partial charge in [-0.15, -0.1) is 0 Å². The highest BCUT2D eigenvalue weighted by molar-refractivity contribution is 5.93. The number of urea groups is 1. The number of hydrogen-bond donors (Lipinski definition) is 3. The van der Waals surface area contributed by atoms with Crippen LogP contribution in [0.4, 0.5) is 19.3 Å². The van der Waals surface area contributed by atoms with Gasteiger partial charge in [0.2, 0.25) is 0 Å². The molecule has 0 radical (unpaired) electrons. The first-order chi connectivity index (χ1) is 9.88. The minimum atomic E-state index is -1.54. The molecular formula is C13H15F2N3O3. The van der Waals surface area contributed by atoms with Crippen molar-refractivity contribution >= 4 is 17.7 Å². The van der Waals surface area contributed by atoms with E-state index in [4.69, 9.17) is 10.8 Å². The first-order valence-corrected chi connectivity index (χ1v) is 6.42. The number of benzene rings is 1. The van der Waals surface area contributed by atoms with E-state index >= 15 is 0 Å². The van der Waals surface area contributed by atoms with E-state index in [1.807, 2.05) is 0 Å². The van der Waals surface area contributed by atoms with Crippen LogP contribution >= 0.6 is 0 Å². The van der Waals surface area contributed by atoms with Crippen LogP contribution in [0.3, 0.4) is 0 Å². The van der Waals surface area contributed by atoms with Crippen LogP contribution in [0.5, 0.6) is 0 Å². The maximum Gasteiger partial charge on any atom is 0.338 e. The lowest BCUT2D eigenvalue weighted by atomic mass is 10.1. The summed E-state index contributed by atoms with van der Waals surface area (Å²) in [5, 5.41) is 11.1. The summed E-state index contributed by atoms with van der Waals surface area (Å²) in [4.78, 5) is 24.2. The Morgan fingerprint density at radius 1 is 1.24 bits per heavy atom. The number of carbonyl (C=O) groups is 2. The fourth-order valence-electron chi connectivity index (χ4n) is 2.11. The molecule has 2 rings (SSSR count). The number of nitrogens with zero attached hydrogens (tertiary/aromatic N) is 1. The summed E-state index contributed by atoms with van der Waals surface area (Å²) in [6.07, 6.45) is 1.28. The molecule has 1 aromatic rings. The second-order valence-electron chi connectivity index (χ2n) is 4.87. The van der Waals surface area contributed by atoms with Crippen LogP contribution in [0, 0.1) is 11.6 Å². The Morgan fingerprint density at radius 2 is 1.86 bits per heavy atom. The topological polar surface area (TPSA) is 95.7 Å². The molecule has 6 nitrogen and oxygen atoms in total. The van der Waals surface area contributed by atoms with Gasteiger partial charge in [-0.3, -0.25) is 0 Å². The molecule has 1 aliphatic rings. The Kier molecular flexibility index (Phi) is 4.37. The third kappa shape index (κ3) is 3.46. The van der Waals surface area contributed by atoms with E-state index in [1.165, 1.54) is 4.90 Å². The average Bonchev–Trinajstić information content (AvgIpc) is 2.42. The van der Waals surface area contributed by atoms with Gasteiger partial charge in [0.05, 0.1) is 11.3 Å². The molecule has 0 unspecified atom stereocenters. The number of nitrogens with one attached hydrogen (secondary N) is 1. The maximum absolute atomic E-state index is 13.6. The van der Waals surface area contributed by atoms with Crippen LogP contribution in [-0.4, -0.2) is 41.1 Å². The highest BCUT2D eigenvalue weighted by Crippen LogP contribution is 2.20. The molecule has 1 saturated heterocycles. The lowest BCUT2D eigenvalue weighted by Crippen LogP contribution is -2.44. The largest absolute Gasteiger partial charge is 0.478 e. The quantitative estimate of drug-likeness (QED) is 0.773. The number of halogens is 2. The molecule has 0 spiro atoms. The second kappa shape index (κ2) is 6.04. The van der Waals surface area contributed by atoms with Crippen molar-refractivity contribution in [1.82, 2.24) is 4.90 Å². The predicted molar refractivity (Wildman–Crippen MR) is 71.1 cm³/mol. The molecule has 0 aliphatic carbocycles. The van der Waals surface area contributed by atoms with Crippen LogP contribution in [0.2, 0.25) is 0 Å². The van der Waals surface area contributed by atoms with Gasteiger partial charge in [-0.05, 0) is 18.9 Å². The Bertz CT molecular complexity index is 572. The minimum absolute atomic E-state index is 0.0372. The minimum Gasteiger partial charge on any atom is -0.478 e. The van der Waals surface area contributed by atoms with Crippen molar-refractivity contribution in [3.05, 3.63) is 29.3 Å². The fourth-order valence-corrected chi connectivity index (χ4v) is 2.11. The zero-order chi connectivity index (χ0) is 15.6. The molecule has 114 valence electrons. The summed E-state index contributed by atoms with van der Waals surface area (Å²) in [7, 11) is 0. The number of likely N-dealkylation sites (tertiary alicyclic amines) is 1. The lowest BCUT2D eigenvalue weighted by Gasteiger charge is -2.30. The maximum atomic E-state index is 13.6. The number of hydrogen-bond acceptors (Lipinski definition) is 3. The van der Waals surface area contributed by atoms with E-state index in [0.717, 1.165) is 6.07 Å². The van der Waals surface area contributed by atoms with Crippen LogP contribution in [0.1, 0.15) is 23.2 Å². The molecule has 0 saturated carbocycles. The van der Waals surface area contributed by atoms with Gasteiger partial charge < -0.3 is 21.1 Å². The first-order valence-electron chi connectivity index (χ1n) is 6.42. The van der Waals surface area contributed by atoms with Crippen LogP contribution in [0.25, 0.3) is 0 Å². The van der Waals surface area contributed by atoms with Gasteiger partial charge in [-0.2, -0.15) is 0 Å². The van der Waals surface area contributed by atoms with Crippen LogP contribution in [0.15, 0.2) is 12.1 Å². The SMILES string of the molecule is NC1CCN(C(=O)Nc2cc(C(=O)O)c(F)cc2F)CC1. The van der Waals surface area contributed by atoms with Gasteiger partial charge in [0, 0.05) is 25.2 Å². The van der Waals surface area contributed by atoms with Gasteiger partial charge >= 0.3 is 12.0 Å². The highest BCUT2D eigenvalue weighted by atomic mass is 19.1. The van der Waals surface area contributed by atoms with E-state index < -0.39 is 29.2 Å². The second-order valence-corrected chi connectivity index (χ2v) is 4.87. The molecule has 21 heavy (non-hydrogen) atoms. The molecular weight excluding hydrogens is 284 g/mol. The van der Waals surface area contributed by atoms with E-state index in [9.17, 15) is 18.4 Å². The third-order valence-corrected chi connectivity index (χ3v) is 3.36. The Labute approximate surface area is 119 Å². The summed E-state index contributed by atoms with van der Waals surface area (Å²) in [6, 6.07) is 0.671. The molecule has 2 amide bonds. The zero-order valence-electron chi connectivity index (χ0n) is 11.1. The molecule has 0 bridgehead atoms. The zero-order valence-corrected chi connectivity index (χ0v) is 11.1. The molecule has 0 aromatic heterocycles. The number of carboxylic acid groups (broad SMARTS) is 1. The third-order valence-electron chi connectivity index (χ3n) is 3.36. The van der Waals surface area contributed by atoms with Gasteiger partial charge in [-0.25, -0.2) is 18.4 Å². The Hall–Kier alpha value is -2.22. The van der Waals surface area contributed by atoms with E-state index in [-0.39, 0.29) is 11.7 Å².